The lowest BCUT2D eigenvalue weighted by Gasteiger charge is -2.14. The van der Waals surface area contributed by atoms with Gasteiger partial charge in [0.2, 0.25) is 5.91 Å². The Morgan fingerprint density at radius 3 is 2.41 bits per heavy atom. The van der Waals surface area contributed by atoms with Gasteiger partial charge in [-0.25, -0.2) is 0 Å². The number of nitrogens with one attached hydrogen (secondary N) is 1. The second-order valence-electron chi connectivity index (χ2n) is 9.17. The molecule has 1 rings (SSSR count). The first-order valence-electron chi connectivity index (χ1n) is 13.5. The monoisotopic (exact) mass is 478 g/mol. The van der Waals surface area contributed by atoms with E-state index in [1.807, 2.05) is 13.0 Å². The predicted molar refractivity (Wildman–Crippen MR) is 141 cm³/mol. The Balaban J connectivity index is 2.39. The number of benzene rings is 1. The zero-order valence-corrected chi connectivity index (χ0v) is 22.0. The maximum absolute atomic E-state index is 12.1. The average Bonchev–Trinajstić information content (AvgIpc) is 2.84. The summed E-state index contributed by atoms with van der Waals surface area (Å²) >= 11 is 0. The van der Waals surface area contributed by atoms with Gasteiger partial charge in [-0.2, -0.15) is 0 Å². The topological polar surface area (TPSA) is 82.8 Å². The van der Waals surface area contributed by atoms with E-state index in [-0.39, 0.29) is 11.8 Å². The molecular formula is C28H50N2O4. The van der Waals surface area contributed by atoms with Gasteiger partial charge in [0.15, 0.2) is 11.5 Å². The summed E-state index contributed by atoms with van der Waals surface area (Å²) in [6.45, 7) is 7.70. The van der Waals surface area contributed by atoms with E-state index in [0.717, 1.165) is 95.2 Å². The molecule has 0 saturated heterocycles. The zero-order chi connectivity index (χ0) is 24.9. The van der Waals surface area contributed by atoms with E-state index >= 15 is 0 Å². The van der Waals surface area contributed by atoms with E-state index in [1.165, 1.54) is 12.0 Å². The van der Waals surface area contributed by atoms with Crippen LogP contribution in [0, 0.1) is 5.92 Å². The van der Waals surface area contributed by atoms with Crippen molar-refractivity contribution in [2.45, 2.75) is 90.9 Å². The van der Waals surface area contributed by atoms with Crippen LogP contribution in [0.5, 0.6) is 11.5 Å². The van der Waals surface area contributed by atoms with Crippen LogP contribution in [-0.2, 0) is 16.0 Å². The molecule has 0 bridgehead atoms. The fourth-order valence-electron chi connectivity index (χ4n) is 3.76. The second-order valence-corrected chi connectivity index (χ2v) is 9.17. The van der Waals surface area contributed by atoms with E-state index in [0.29, 0.717) is 19.8 Å². The van der Waals surface area contributed by atoms with Crippen molar-refractivity contribution in [1.29, 1.82) is 0 Å². The Morgan fingerprint density at radius 2 is 1.65 bits per heavy atom. The van der Waals surface area contributed by atoms with Crippen molar-refractivity contribution in [2.75, 3.05) is 40.0 Å². The summed E-state index contributed by atoms with van der Waals surface area (Å²) in [4.78, 5) is 12.1. The highest BCUT2D eigenvalue weighted by Gasteiger charge is 2.11. The molecule has 1 amide bonds. The molecule has 1 aromatic carbocycles. The van der Waals surface area contributed by atoms with Crippen molar-refractivity contribution in [2.24, 2.45) is 11.7 Å². The van der Waals surface area contributed by atoms with Crippen LogP contribution in [0.25, 0.3) is 0 Å². The SMILES string of the molecule is CCCCNC(=O)[C@H](C)CCCCCCc1ccc(OCCCCCN)c(OCCCOC)c1. The van der Waals surface area contributed by atoms with E-state index in [9.17, 15) is 4.79 Å². The fourth-order valence-corrected chi connectivity index (χ4v) is 3.76. The molecule has 0 fully saturated rings. The number of methoxy groups -OCH3 is 1. The Hall–Kier alpha value is -1.79. The minimum atomic E-state index is 0.109. The van der Waals surface area contributed by atoms with Gasteiger partial charge in [0.1, 0.15) is 0 Å². The molecule has 1 atom stereocenters. The Morgan fingerprint density at radius 1 is 0.912 bits per heavy atom. The summed E-state index contributed by atoms with van der Waals surface area (Å²) in [6.07, 6.45) is 12.7. The summed E-state index contributed by atoms with van der Waals surface area (Å²) in [6, 6.07) is 6.33. The standard InChI is InChI=1S/C28H50N2O4/c1-4-5-19-30-28(31)24(2)14-9-6-7-10-15-25-16-17-26(33-21-12-8-11-18-29)27(23-25)34-22-13-20-32-3/h16-17,23-24H,4-15,18-22,29H2,1-3H3,(H,30,31)/t24-/m1/s1. The minimum Gasteiger partial charge on any atom is -0.490 e. The van der Waals surface area contributed by atoms with E-state index in [1.54, 1.807) is 7.11 Å². The van der Waals surface area contributed by atoms with Crippen molar-refractivity contribution in [3.05, 3.63) is 23.8 Å². The number of rotatable bonds is 22. The third kappa shape index (κ3) is 14.5. The Kier molecular flexibility index (Phi) is 18.3. The third-order valence-corrected chi connectivity index (χ3v) is 5.99. The van der Waals surface area contributed by atoms with Gasteiger partial charge < -0.3 is 25.3 Å². The van der Waals surface area contributed by atoms with Crippen molar-refractivity contribution in [3.8, 4) is 11.5 Å². The molecule has 0 radical (unpaired) electrons. The highest BCUT2D eigenvalue weighted by molar-refractivity contribution is 5.78. The minimum absolute atomic E-state index is 0.109. The van der Waals surface area contributed by atoms with Gasteiger partial charge in [0.25, 0.3) is 0 Å². The first-order valence-corrected chi connectivity index (χ1v) is 13.5. The second kappa shape index (κ2) is 20.6. The molecule has 6 nitrogen and oxygen atoms in total. The highest BCUT2D eigenvalue weighted by atomic mass is 16.5. The van der Waals surface area contributed by atoms with Crippen LogP contribution in [-0.4, -0.2) is 45.9 Å². The van der Waals surface area contributed by atoms with Crippen molar-refractivity contribution in [1.82, 2.24) is 5.32 Å². The lowest BCUT2D eigenvalue weighted by Crippen LogP contribution is -2.29. The molecule has 1 aromatic rings. The number of hydrogen-bond donors (Lipinski definition) is 2. The van der Waals surface area contributed by atoms with E-state index in [2.05, 4.69) is 24.4 Å². The first-order chi connectivity index (χ1) is 16.6. The fraction of sp³-hybridized carbons (Fsp3) is 0.750. The number of carbonyl (C=O) groups is 1. The third-order valence-electron chi connectivity index (χ3n) is 5.99. The normalized spacial score (nSPS) is 11.9. The summed E-state index contributed by atoms with van der Waals surface area (Å²) in [5, 5.41) is 3.04. The molecule has 3 N–H and O–H groups in total. The van der Waals surface area contributed by atoms with Gasteiger partial charge in [-0.05, 0) is 69.2 Å². The molecule has 0 aliphatic rings. The van der Waals surface area contributed by atoms with E-state index in [4.69, 9.17) is 19.9 Å². The Labute approximate surface area is 208 Å². The number of amides is 1. The van der Waals surface area contributed by atoms with Gasteiger partial charge in [0.05, 0.1) is 13.2 Å². The molecule has 0 unspecified atom stereocenters. The number of aryl methyl sites for hydroxylation is 1. The van der Waals surface area contributed by atoms with Crippen LogP contribution in [0.15, 0.2) is 18.2 Å². The molecule has 0 aliphatic heterocycles. The van der Waals surface area contributed by atoms with Gasteiger partial charge in [-0.1, -0.05) is 45.6 Å². The number of carbonyl (C=O) groups excluding carboxylic acids is 1. The van der Waals surface area contributed by atoms with Crippen LogP contribution in [0.3, 0.4) is 0 Å². The van der Waals surface area contributed by atoms with Crippen LogP contribution >= 0.6 is 0 Å². The maximum Gasteiger partial charge on any atom is 0.222 e. The number of ether oxygens (including phenoxy) is 3. The van der Waals surface area contributed by atoms with Gasteiger partial charge in [-0.3, -0.25) is 4.79 Å². The molecule has 0 aromatic heterocycles. The van der Waals surface area contributed by atoms with Crippen LogP contribution in [0.1, 0.15) is 90.0 Å². The quantitative estimate of drug-likeness (QED) is 0.210. The number of hydrogen-bond acceptors (Lipinski definition) is 5. The van der Waals surface area contributed by atoms with Gasteiger partial charge in [-0.15, -0.1) is 0 Å². The zero-order valence-electron chi connectivity index (χ0n) is 22.0. The first kappa shape index (κ1) is 30.2. The summed E-state index contributed by atoms with van der Waals surface area (Å²) in [5.74, 6) is 1.96. The summed E-state index contributed by atoms with van der Waals surface area (Å²) in [7, 11) is 1.71. The number of unbranched alkanes of at least 4 members (excludes halogenated alkanes) is 6. The van der Waals surface area contributed by atoms with E-state index < -0.39 is 0 Å². The van der Waals surface area contributed by atoms with Crippen molar-refractivity contribution >= 4 is 5.91 Å². The Bertz CT molecular complexity index is 639. The number of nitrogens with two attached hydrogens (primary N) is 1. The molecule has 0 aliphatic carbocycles. The molecule has 34 heavy (non-hydrogen) atoms. The molecule has 0 heterocycles. The van der Waals surface area contributed by atoms with Crippen LogP contribution in [0.2, 0.25) is 0 Å². The molecule has 196 valence electrons. The molecule has 0 spiro atoms. The van der Waals surface area contributed by atoms with Gasteiger partial charge >= 0.3 is 0 Å². The highest BCUT2D eigenvalue weighted by Crippen LogP contribution is 2.29. The van der Waals surface area contributed by atoms with Crippen LogP contribution < -0.4 is 20.5 Å². The summed E-state index contributed by atoms with van der Waals surface area (Å²) < 4.78 is 17.1. The van der Waals surface area contributed by atoms with Crippen molar-refractivity contribution < 1.29 is 19.0 Å². The van der Waals surface area contributed by atoms with Crippen LogP contribution in [0.4, 0.5) is 0 Å². The maximum atomic E-state index is 12.1. The molecular weight excluding hydrogens is 428 g/mol. The largest absolute Gasteiger partial charge is 0.490 e. The van der Waals surface area contributed by atoms with Crippen molar-refractivity contribution in [3.63, 3.8) is 0 Å². The van der Waals surface area contributed by atoms with Gasteiger partial charge in [0, 0.05) is 32.6 Å². The lowest BCUT2D eigenvalue weighted by atomic mass is 10.00. The average molecular weight is 479 g/mol. The smallest absolute Gasteiger partial charge is 0.222 e. The lowest BCUT2D eigenvalue weighted by molar-refractivity contribution is -0.124. The molecule has 6 heteroatoms. The predicted octanol–water partition coefficient (Wildman–Crippen LogP) is 5.66. The summed E-state index contributed by atoms with van der Waals surface area (Å²) in [5.41, 5.74) is 6.85. The molecule has 0 saturated carbocycles.